The van der Waals surface area contributed by atoms with Crippen molar-refractivity contribution in [2.24, 2.45) is 0 Å². The molecule has 0 radical (unpaired) electrons. The Balaban J connectivity index is 2.21. The van der Waals surface area contributed by atoms with Gasteiger partial charge in [-0.05, 0) is 13.8 Å². The molecule has 0 atom stereocenters. The van der Waals surface area contributed by atoms with Gasteiger partial charge >= 0.3 is 0 Å². The highest BCUT2D eigenvalue weighted by Crippen LogP contribution is 2.23. The Labute approximate surface area is 67.0 Å². The number of hydrogen-bond donors (Lipinski definition) is 0. The van der Waals surface area contributed by atoms with Crippen molar-refractivity contribution in [1.29, 1.82) is 0 Å². The standard InChI is InChI=1S/C9H13N2/c1-9(2)8-11(9)10-6-4-3-5-7-10/h3-7H,8H2,1-2H3/q+1. The largest absolute Gasteiger partial charge is 0.199 e. The minimum absolute atomic E-state index is 0.367. The zero-order valence-electron chi connectivity index (χ0n) is 6.99. The van der Waals surface area contributed by atoms with E-state index in [9.17, 15) is 0 Å². The van der Waals surface area contributed by atoms with E-state index in [0.717, 1.165) is 6.54 Å². The molecule has 2 heterocycles. The maximum Gasteiger partial charge on any atom is 0.199 e. The van der Waals surface area contributed by atoms with E-state index in [2.05, 4.69) is 48.1 Å². The summed E-state index contributed by atoms with van der Waals surface area (Å²) in [6, 6.07) is 6.13. The van der Waals surface area contributed by atoms with Crippen molar-refractivity contribution in [2.75, 3.05) is 11.6 Å². The minimum atomic E-state index is 0.367. The molecule has 0 bridgehead atoms. The van der Waals surface area contributed by atoms with E-state index in [0.29, 0.717) is 5.54 Å². The fourth-order valence-corrected chi connectivity index (χ4v) is 1.28. The lowest BCUT2D eigenvalue weighted by molar-refractivity contribution is -0.679. The molecule has 1 aromatic rings. The third-order valence-electron chi connectivity index (χ3n) is 2.11. The fraction of sp³-hybridized carbons (Fsp3) is 0.444. The van der Waals surface area contributed by atoms with Gasteiger partial charge in [-0.15, -0.1) is 0 Å². The SMILES string of the molecule is CC1(C)CN1[n+]1ccccc1. The van der Waals surface area contributed by atoms with Gasteiger partial charge in [0.2, 0.25) is 0 Å². The highest BCUT2D eigenvalue weighted by atomic mass is 15.7. The van der Waals surface area contributed by atoms with Crippen LogP contribution < -0.4 is 9.69 Å². The van der Waals surface area contributed by atoms with E-state index in [1.165, 1.54) is 0 Å². The zero-order chi connectivity index (χ0) is 7.90. The van der Waals surface area contributed by atoms with Gasteiger partial charge in [0.1, 0.15) is 12.1 Å². The van der Waals surface area contributed by atoms with Gasteiger partial charge in [0.15, 0.2) is 12.4 Å². The Morgan fingerprint density at radius 3 is 2.18 bits per heavy atom. The van der Waals surface area contributed by atoms with Crippen molar-refractivity contribution >= 4 is 0 Å². The smallest absolute Gasteiger partial charge is 0.171 e. The molecule has 0 spiro atoms. The Hall–Kier alpha value is -1.05. The fourth-order valence-electron chi connectivity index (χ4n) is 1.28. The van der Waals surface area contributed by atoms with Crippen LogP contribution in [0.2, 0.25) is 0 Å². The lowest BCUT2D eigenvalue weighted by atomic mass is 10.2. The summed E-state index contributed by atoms with van der Waals surface area (Å²) in [6.45, 7) is 5.64. The van der Waals surface area contributed by atoms with Gasteiger partial charge in [-0.2, -0.15) is 5.01 Å². The summed E-state index contributed by atoms with van der Waals surface area (Å²) >= 11 is 0. The van der Waals surface area contributed by atoms with Crippen LogP contribution in [0.5, 0.6) is 0 Å². The molecule has 0 amide bonds. The first-order valence-electron chi connectivity index (χ1n) is 3.94. The van der Waals surface area contributed by atoms with Crippen LogP contribution in [0.25, 0.3) is 0 Å². The molecule has 2 nitrogen and oxygen atoms in total. The van der Waals surface area contributed by atoms with E-state index >= 15 is 0 Å². The molecule has 0 aliphatic carbocycles. The van der Waals surface area contributed by atoms with Crippen molar-refractivity contribution in [3.8, 4) is 0 Å². The van der Waals surface area contributed by atoms with Crippen LogP contribution in [0.4, 0.5) is 0 Å². The van der Waals surface area contributed by atoms with E-state index < -0.39 is 0 Å². The molecule has 2 rings (SSSR count). The average Bonchev–Trinajstić information content (AvgIpc) is 2.62. The molecule has 1 fully saturated rings. The van der Waals surface area contributed by atoms with Crippen LogP contribution in [0.15, 0.2) is 30.6 Å². The summed E-state index contributed by atoms with van der Waals surface area (Å²) in [7, 11) is 0. The maximum atomic E-state index is 2.31. The number of rotatable bonds is 1. The van der Waals surface area contributed by atoms with E-state index in [1.54, 1.807) is 0 Å². The minimum Gasteiger partial charge on any atom is -0.171 e. The predicted molar refractivity (Wildman–Crippen MR) is 43.8 cm³/mol. The second-order valence-corrected chi connectivity index (χ2v) is 3.63. The van der Waals surface area contributed by atoms with E-state index in [1.807, 2.05) is 6.07 Å². The monoisotopic (exact) mass is 149 g/mol. The van der Waals surface area contributed by atoms with Gasteiger partial charge in [-0.25, -0.2) is 0 Å². The van der Waals surface area contributed by atoms with Crippen molar-refractivity contribution in [1.82, 2.24) is 0 Å². The molecule has 0 unspecified atom stereocenters. The first-order chi connectivity index (χ1) is 5.20. The molecular weight excluding hydrogens is 136 g/mol. The van der Waals surface area contributed by atoms with Gasteiger partial charge in [0.05, 0.1) is 0 Å². The summed E-state index contributed by atoms with van der Waals surface area (Å²) in [6.07, 6.45) is 4.16. The topological polar surface area (TPSA) is 6.89 Å². The van der Waals surface area contributed by atoms with Gasteiger partial charge in [-0.3, -0.25) is 0 Å². The molecule has 1 aromatic heterocycles. The van der Waals surface area contributed by atoms with E-state index in [-0.39, 0.29) is 0 Å². The van der Waals surface area contributed by atoms with Crippen LogP contribution in [-0.2, 0) is 0 Å². The second kappa shape index (κ2) is 1.97. The van der Waals surface area contributed by atoms with Gasteiger partial charge in [-0.1, -0.05) is 10.7 Å². The van der Waals surface area contributed by atoms with Gasteiger partial charge < -0.3 is 0 Å². The molecule has 0 saturated carbocycles. The van der Waals surface area contributed by atoms with Crippen molar-refractivity contribution in [3.63, 3.8) is 0 Å². The van der Waals surface area contributed by atoms with Crippen molar-refractivity contribution in [3.05, 3.63) is 30.6 Å². The first kappa shape index (κ1) is 6.65. The Morgan fingerprint density at radius 1 is 1.18 bits per heavy atom. The molecule has 1 saturated heterocycles. The van der Waals surface area contributed by atoms with Crippen molar-refractivity contribution < 1.29 is 4.68 Å². The van der Waals surface area contributed by atoms with Crippen LogP contribution >= 0.6 is 0 Å². The molecule has 1 aliphatic heterocycles. The zero-order valence-corrected chi connectivity index (χ0v) is 6.99. The molecular formula is C9H13N2+. The predicted octanol–water partition coefficient (Wildman–Crippen LogP) is 0.704. The van der Waals surface area contributed by atoms with Gasteiger partial charge in [0, 0.05) is 12.1 Å². The number of hydrogen-bond acceptors (Lipinski definition) is 1. The normalized spacial score (nSPS) is 20.0. The lowest BCUT2D eigenvalue weighted by Crippen LogP contribution is -2.47. The summed E-state index contributed by atoms with van der Waals surface area (Å²) < 4.78 is 2.14. The van der Waals surface area contributed by atoms with E-state index in [4.69, 9.17) is 0 Å². The van der Waals surface area contributed by atoms with Crippen LogP contribution in [-0.4, -0.2) is 12.1 Å². The number of aromatic nitrogens is 1. The Bertz CT molecular complexity index is 254. The average molecular weight is 149 g/mol. The third-order valence-corrected chi connectivity index (χ3v) is 2.11. The highest BCUT2D eigenvalue weighted by molar-refractivity contribution is 5.14. The summed E-state index contributed by atoms with van der Waals surface area (Å²) in [5.74, 6) is 0. The number of pyridine rings is 1. The number of nitrogens with zero attached hydrogens (tertiary/aromatic N) is 2. The molecule has 11 heavy (non-hydrogen) atoms. The Kier molecular flexibility index (Phi) is 1.19. The first-order valence-corrected chi connectivity index (χ1v) is 3.94. The van der Waals surface area contributed by atoms with Crippen molar-refractivity contribution in [2.45, 2.75) is 19.4 Å². The molecule has 58 valence electrons. The maximum absolute atomic E-state index is 2.31. The molecule has 1 aliphatic rings. The molecule has 0 aromatic carbocycles. The second-order valence-electron chi connectivity index (χ2n) is 3.63. The lowest BCUT2D eigenvalue weighted by Gasteiger charge is -1.99. The Morgan fingerprint density at radius 2 is 1.73 bits per heavy atom. The molecule has 0 N–H and O–H groups in total. The third kappa shape index (κ3) is 1.09. The summed E-state index contributed by atoms with van der Waals surface area (Å²) in [5.41, 5.74) is 0.367. The summed E-state index contributed by atoms with van der Waals surface area (Å²) in [5, 5.41) is 2.31. The van der Waals surface area contributed by atoms with Gasteiger partial charge in [0.25, 0.3) is 0 Å². The molecule has 2 heteroatoms. The van der Waals surface area contributed by atoms with Crippen LogP contribution in [0, 0.1) is 0 Å². The highest BCUT2D eigenvalue weighted by Gasteiger charge is 2.50. The quantitative estimate of drug-likeness (QED) is 0.421. The van der Waals surface area contributed by atoms with Crippen LogP contribution in [0.1, 0.15) is 13.8 Å². The summed E-state index contributed by atoms with van der Waals surface area (Å²) in [4.78, 5) is 0. The van der Waals surface area contributed by atoms with Crippen LogP contribution in [0.3, 0.4) is 0 Å².